The van der Waals surface area contributed by atoms with Crippen molar-refractivity contribution in [2.75, 3.05) is 5.32 Å². The van der Waals surface area contributed by atoms with E-state index in [9.17, 15) is 14.4 Å². The average Bonchev–Trinajstić information content (AvgIpc) is 2.38. The third kappa shape index (κ3) is 5.52. The molecule has 0 bridgehead atoms. The second kappa shape index (κ2) is 7.28. The van der Waals surface area contributed by atoms with Crippen molar-refractivity contribution < 1.29 is 24.6 Å². The van der Waals surface area contributed by atoms with Gasteiger partial charge < -0.3 is 20.8 Å². The third-order valence-corrected chi connectivity index (χ3v) is 2.89. The number of carboxylic acids is 2. The van der Waals surface area contributed by atoms with E-state index in [1.165, 1.54) is 0 Å². The van der Waals surface area contributed by atoms with Crippen molar-refractivity contribution in [1.82, 2.24) is 5.32 Å². The summed E-state index contributed by atoms with van der Waals surface area (Å²) in [6.45, 7) is 3.68. The van der Waals surface area contributed by atoms with Gasteiger partial charge in [0, 0.05) is 12.1 Å². The van der Waals surface area contributed by atoms with E-state index in [1.807, 2.05) is 26.0 Å². The summed E-state index contributed by atoms with van der Waals surface area (Å²) in [4.78, 5) is 33.3. The second-order valence-electron chi connectivity index (χ2n) is 4.74. The SMILES string of the molecule is Cc1ccc(C)c(NC(=O)N[C@@H](CCC(=O)O)C(=O)O)c1. The Labute approximate surface area is 122 Å². The molecule has 7 nitrogen and oxygen atoms in total. The van der Waals surface area contributed by atoms with Crippen LogP contribution in [-0.2, 0) is 9.59 Å². The monoisotopic (exact) mass is 294 g/mol. The van der Waals surface area contributed by atoms with Gasteiger partial charge in [-0.25, -0.2) is 9.59 Å². The van der Waals surface area contributed by atoms with Crippen LogP contribution in [0.5, 0.6) is 0 Å². The predicted molar refractivity (Wildman–Crippen MR) is 76.4 cm³/mol. The fourth-order valence-corrected chi connectivity index (χ4v) is 1.71. The summed E-state index contributed by atoms with van der Waals surface area (Å²) in [5, 5.41) is 22.3. The molecule has 0 radical (unpaired) electrons. The molecule has 7 heteroatoms. The highest BCUT2D eigenvalue weighted by Gasteiger charge is 2.21. The van der Waals surface area contributed by atoms with E-state index < -0.39 is 24.0 Å². The lowest BCUT2D eigenvalue weighted by molar-refractivity contribution is -0.140. The van der Waals surface area contributed by atoms with Crippen LogP contribution in [0.4, 0.5) is 10.5 Å². The summed E-state index contributed by atoms with van der Waals surface area (Å²) >= 11 is 0. The molecule has 1 atom stereocenters. The van der Waals surface area contributed by atoms with Gasteiger partial charge in [-0.1, -0.05) is 12.1 Å². The molecular formula is C14H18N2O5. The van der Waals surface area contributed by atoms with E-state index in [0.717, 1.165) is 11.1 Å². The number of urea groups is 1. The minimum absolute atomic E-state index is 0.176. The molecule has 0 aromatic heterocycles. The maximum Gasteiger partial charge on any atom is 0.326 e. The first-order chi connectivity index (χ1) is 9.79. The molecule has 1 aromatic rings. The van der Waals surface area contributed by atoms with Crippen LogP contribution in [0.25, 0.3) is 0 Å². The number of carbonyl (C=O) groups is 3. The van der Waals surface area contributed by atoms with Crippen LogP contribution in [0.3, 0.4) is 0 Å². The molecule has 0 saturated carbocycles. The Morgan fingerprint density at radius 3 is 2.43 bits per heavy atom. The van der Waals surface area contributed by atoms with Crippen molar-refractivity contribution in [3.63, 3.8) is 0 Å². The molecule has 2 amide bonds. The van der Waals surface area contributed by atoms with Gasteiger partial charge in [-0.15, -0.1) is 0 Å². The summed E-state index contributed by atoms with van der Waals surface area (Å²) < 4.78 is 0. The highest BCUT2D eigenvalue weighted by atomic mass is 16.4. The molecule has 1 aromatic carbocycles. The Morgan fingerprint density at radius 1 is 1.19 bits per heavy atom. The van der Waals surface area contributed by atoms with Crippen LogP contribution in [0, 0.1) is 13.8 Å². The van der Waals surface area contributed by atoms with Gasteiger partial charge in [0.2, 0.25) is 0 Å². The molecule has 114 valence electrons. The summed E-state index contributed by atoms with van der Waals surface area (Å²) in [7, 11) is 0. The topological polar surface area (TPSA) is 116 Å². The number of rotatable bonds is 6. The first kappa shape index (κ1) is 16.5. The third-order valence-electron chi connectivity index (χ3n) is 2.89. The minimum Gasteiger partial charge on any atom is -0.481 e. The molecular weight excluding hydrogens is 276 g/mol. The fraction of sp³-hybridized carbons (Fsp3) is 0.357. The lowest BCUT2D eigenvalue weighted by atomic mass is 10.1. The van der Waals surface area contributed by atoms with Crippen LogP contribution in [0.15, 0.2) is 18.2 Å². The zero-order valence-corrected chi connectivity index (χ0v) is 11.8. The van der Waals surface area contributed by atoms with Crippen LogP contribution >= 0.6 is 0 Å². The molecule has 0 spiro atoms. The lowest BCUT2D eigenvalue weighted by Gasteiger charge is -2.15. The van der Waals surface area contributed by atoms with Crippen molar-refractivity contribution in [3.05, 3.63) is 29.3 Å². The largest absolute Gasteiger partial charge is 0.481 e. The Morgan fingerprint density at radius 2 is 1.86 bits per heavy atom. The second-order valence-corrected chi connectivity index (χ2v) is 4.74. The van der Waals surface area contributed by atoms with Crippen molar-refractivity contribution in [1.29, 1.82) is 0 Å². The molecule has 0 unspecified atom stereocenters. The van der Waals surface area contributed by atoms with Crippen LogP contribution < -0.4 is 10.6 Å². The molecule has 0 fully saturated rings. The van der Waals surface area contributed by atoms with E-state index in [-0.39, 0.29) is 12.8 Å². The zero-order chi connectivity index (χ0) is 16.0. The number of amides is 2. The number of aryl methyl sites for hydroxylation is 2. The number of hydrogen-bond donors (Lipinski definition) is 4. The molecule has 21 heavy (non-hydrogen) atoms. The van der Waals surface area contributed by atoms with E-state index in [0.29, 0.717) is 5.69 Å². The Hall–Kier alpha value is -2.57. The lowest BCUT2D eigenvalue weighted by Crippen LogP contribution is -2.43. The summed E-state index contributed by atoms with van der Waals surface area (Å²) in [6.07, 6.45) is -0.508. The molecule has 0 saturated heterocycles. The average molecular weight is 294 g/mol. The standard InChI is InChI=1S/C14H18N2O5/c1-8-3-4-9(2)11(7-8)16-14(21)15-10(13(19)20)5-6-12(17)18/h3-4,7,10H,5-6H2,1-2H3,(H,17,18)(H,19,20)(H2,15,16,21)/t10-/m0/s1. The summed E-state index contributed by atoms with van der Waals surface area (Å²) in [6, 6.07) is 3.57. The fourth-order valence-electron chi connectivity index (χ4n) is 1.71. The molecule has 1 rings (SSSR count). The number of anilines is 1. The first-order valence-electron chi connectivity index (χ1n) is 6.39. The number of nitrogens with one attached hydrogen (secondary N) is 2. The normalized spacial score (nSPS) is 11.5. The van der Waals surface area contributed by atoms with E-state index in [2.05, 4.69) is 10.6 Å². The number of hydrogen-bond acceptors (Lipinski definition) is 3. The van der Waals surface area contributed by atoms with Crippen LogP contribution in [-0.4, -0.2) is 34.2 Å². The first-order valence-corrected chi connectivity index (χ1v) is 6.39. The minimum atomic E-state index is -1.27. The van der Waals surface area contributed by atoms with Gasteiger partial charge in [0.1, 0.15) is 6.04 Å². The van der Waals surface area contributed by atoms with Crippen LogP contribution in [0.2, 0.25) is 0 Å². The quantitative estimate of drug-likeness (QED) is 0.638. The van der Waals surface area contributed by atoms with Gasteiger partial charge in [-0.05, 0) is 37.5 Å². The number of carbonyl (C=O) groups excluding carboxylic acids is 1. The van der Waals surface area contributed by atoms with Gasteiger partial charge in [0.15, 0.2) is 0 Å². The molecule has 0 heterocycles. The van der Waals surface area contributed by atoms with Gasteiger partial charge in [0.25, 0.3) is 0 Å². The van der Waals surface area contributed by atoms with E-state index in [4.69, 9.17) is 10.2 Å². The maximum absolute atomic E-state index is 11.8. The Balaban J connectivity index is 2.67. The molecule has 0 aliphatic rings. The zero-order valence-electron chi connectivity index (χ0n) is 11.8. The summed E-state index contributed by atoms with van der Waals surface area (Å²) in [5.41, 5.74) is 2.37. The van der Waals surface area contributed by atoms with Crippen LogP contribution in [0.1, 0.15) is 24.0 Å². The van der Waals surface area contributed by atoms with Crippen molar-refractivity contribution in [2.45, 2.75) is 32.7 Å². The van der Waals surface area contributed by atoms with Gasteiger partial charge in [-0.3, -0.25) is 4.79 Å². The van der Waals surface area contributed by atoms with E-state index >= 15 is 0 Å². The molecule has 0 aliphatic carbocycles. The Kier molecular flexibility index (Phi) is 5.71. The van der Waals surface area contributed by atoms with Gasteiger partial charge in [0.05, 0.1) is 0 Å². The highest BCUT2D eigenvalue weighted by molar-refractivity contribution is 5.93. The Bertz CT molecular complexity index is 556. The number of aliphatic carboxylic acids is 2. The number of benzene rings is 1. The number of carboxylic acid groups (broad SMARTS) is 2. The van der Waals surface area contributed by atoms with Gasteiger partial charge in [-0.2, -0.15) is 0 Å². The molecule has 0 aliphatic heterocycles. The predicted octanol–water partition coefficient (Wildman–Crippen LogP) is 1.74. The maximum atomic E-state index is 11.8. The van der Waals surface area contributed by atoms with E-state index in [1.54, 1.807) is 6.07 Å². The van der Waals surface area contributed by atoms with Crippen molar-refractivity contribution >= 4 is 23.7 Å². The smallest absolute Gasteiger partial charge is 0.326 e. The highest BCUT2D eigenvalue weighted by Crippen LogP contribution is 2.16. The van der Waals surface area contributed by atoms with Crippen molar-refractivity contribution in [3.8, 4) is 0 Å². The van der Waals surface area contributed by atoms with Gasteiger partial charge >= 0.3 is 18.0 Å². The van der Waals surface area contributed by atoms with Crippen molar-refractivity contribution in [2.24, 2.45) is 0 Å². The summed E-state index contributed by atoms with van der Waals surface area (Å²) in [5.74, 6) is -2.38. The molecule has 4 N–H and O–H groups in total.